The van der Waals surface area contributed by atoms with E-state index in [2.05, 4.69) is 19.2 Å². The first-order valence-corrected chi connectivity index (χ1v) is 6.23. The largest absolute Gasteiger partial charge is 0.383 e. The van der Waals surface area contributed by atoms with Gasteiger partial charge < -0.3 is 14.8 Å². The molecule has 3 nitrogen and oxygen atoms in total. The molecule has 1 aromatic carbocycles. The second kappa shape index (κ2) is 9.02. The molecule has 1 rings (SSSR count). The van der Waals surface area contributed by atoms with Crippen molar-refractivity contribution in [3.8, 4) is 0 Å². The van der Waals surface area contributed by atoms with Crippen LogP contribution in [0.3, 0.4) is 0 Å². The average Bonchev–Trinajstić information content (AvgIpc) is 2.33. The van der Waals surface area contributed by atoms with E-state index in [1.807, 2.05) is 30.3 Å². The molecule has 0 amide bonds. The molecule has 1 aromatic rings. The normalized spacial score (nSPS) is 10.8. The Morgan fingerprint density at radius 1 is 1.00 bits per heavy atom. The van der Waals surface area contributed by atoms with Crippen molar-refractivity contribution in [1.29, 1.82) is 0 Å². The van der Waals surface area contributed by atoms with Crippen molar-refractivity contribution in [2.24, 2.45) is 5.92 Å². The van der Waals surface area contributed by atoms with Crippen LogP contribution in [0.5, 0.6) is 0 Å². The molecule has 0 spiro atoms. The van der Waals surface area contributed by atoms with Crippen molar-refractivity contribution in [3.63, 3.8) is 0 Å². The number of nitrogens with one attached hydrogen (secondary N) is 1. The van der Waals surface area contributed by atoms with Gasteiger partial charge in [0.05, 0.1) is 19.8 Å². The van der Waals surface area contributed by atoms with E-state index >= 15 is 0 Å². The molecule has 0 aromatic heterocycles. The van der Waals surface area contributed by atoms with Crippen molar-refractivity contribution in [3.05, 3.63) is 30.3 Å². The molecular formula is C14H23NO2. The summed E-state index contributed by atoms with van der Waals surface area (Å²) in [5.74, 6) is 0.592. The van der Waals surface area contributed by atoms with Crippen molar-refractivity contribution in [1.82, 2.24) is 0 Å². The molecular weight excluding hydrogens is 214 g/mol. The van der Waals surface area contributed by atoms with Gasteiger partial charge in [0.2, 0.25) is 0 Å². The average molecular weight is 237 g/mol. The lowest BCUT2D eigenvalue weighted by Crippen LogP contribution is -2.13. The molecule has 0 aliphatic rings. The maximum Gasteiger partial charge on any atom is 0.0701 e. The van der Waals surface area contributed by atoms with Gasteiger partial charge >= 0.3 is 0 Å². The molecule has 0 atom stereocenters. The number of hydrogen-bond acceptors (Lipinski definition) is 3. The Bertz CT molecular complexity index is 275. The predicted molar refractivity (Wildman–Crippen MR) is 71.4 cm³/mol. The van der Waals surface area contributed by atoms with Gasteiger partial charge in [0.1, 0.15) is 0 Å². The third-order valence-electron chi connectivity index (χ3n) is 2.17. The minimum absolute atomic E-state index is 0.592. The highest BCUT2D eigenvalue weighted by Crippen LogP contribution is 2.03. The second-order valence-electron chi connectivity index (χ2n) is 4.37. The van der Waals surface area contributed by atoms with Crippen molar-refractivity contribution < 1.29 is 9.47 Å². The van der Waals surface area contributed by atoms with Crippen LogP contribution in [-0.2, 0) is 9.47 Å². The fourth-order valence-electron chi connectivity index (χ4n) is 1.36. The maximum atomic E-state index is 5.45. The monoisotopic (exact) mass is 237 g/mol. The molecule has 0 fully saturated rings. The topological polar surface area (TPSA) is 30.5 Å². The summed E-state index contributed by atoms with van der Waals surface area (Å²) in [6.45, 7) is 7.99. The van der Waals surface area contributed by atoms with Crippen LogP contribution in [-0.4, -0.2) is 33.0 Å². The summed E-state index contributed by atoms with van der Waals surface area (Å²) in [6, 6.07) is 10.1. The zero-order valence-corrected chi connectivity index (χ0v) is 10.8. The lowest BCUT2D eigenvalue weighted by Gasteiger charge is -2.08. The van der Waals surface area contributed by atoms with Crippen molar-refractivity contribution in [2.75, 3.05) is 38.3 Å². The summed E-state index contributed by atoms with van der Waals surface area (Å²) in [5, 5.41) is 3.29. The minimum atomic E-state index is 0.592. The minimum Gasteiger partial charge on any atom is -0.383 e. The van der Waals surface area contributed by atoms with Gasteiger partial charge in [-0.1, -0.05) is 32.0 Å². The van der Waals surface area contributed by atoms with Crippen LogP contribution in [0.15, 0.2) is 30.3 Å². The van der Waals surface area contributed by atoms with Crippen LogP contribution in [0.4, 0.5) is 5.69 Å². The highest BCUT2D eigenvalue weighted by molar-refractivity contribution is 5.42. The zero-order chi connectivity index (χ0) is 12.3. The molecule has 0 heterocycles. The van der Waals surface area contributed by atoms with Gasteiger partial charge in [0.15, 0.2) is 0 Å². The number of hydrogen-bond donors (Lipinski definition) is 1. The quantitative estimate of drug-likeness (QED) is 0.670. The summed E-state index contributed by atoms with van der Waals surface area (Å²) in [7, 11) is 0. The smallest absolute Gasteiger partial charge is 0.0701 e. The number of benzene rings is 1. The fourth-order valence-corrected chi connectivity index (χ4v) is 1.36. The molecule has 0 saturated carbocycles. The highest BCUT2D eigenvalue weighted by atomic mass is 16.5. The summed E-state index contributed by atoms with van der Waals surface area (Å²) >= 11 is 0. The van der Waals surface area contributed by atoms with Crippen LogP contribution < -0.4 is 5.32 Å². The van der Waals surface area contributed by atoms with E-state index in [0.29, 0.717) is 25.7 Å². The molecule has 17 heavy (non-hydrogen) atoms. The van der Waals surface area contributed by atoms with Gasteiger partial charge in [-0.05, 0) is 18.1 Å². The third-order valence-corrected chi connectivity index (χ3v) is 2.17. The van der Waals surface area contributed by atoms with Crippen molar-refractivity contribution in [2.45, 2.75) is 13.8 Å². The molecule has 1 N–H and O–H groups in total. The molecule has 0 saturated heterocycles. The van der Waals surface area contributed by atoms with Crippen LogP contribution in [0, 0.1) is 5.92 Å². The molecule has 0 aliphatic heterocycles. The Morgan fingerprint density at radius 2 is 1.71 bits per heavy atom. The molecule has 0 bridgehead atoms. The van der Waals surface area contributed by atoms with Crippen LogP contribution in [0.25, 0.3) is 0 Å². The van der Waals surface area contributed by atoms with Gasteiger partial charge in [-0.25, -0.2) is 0 Å². The maximum absolute atomic E-state index is 5.45. The van der Waals surface area contributed by atoms with E-state index in [-0.39, 0.29) is 0 Å². The van der Waals surface area contributed by atoms with Gasteiger partial charge in [-0.2, -0.15) is 0 Å². The first-order valence-electron chi connectivity index (χ1n) is 6.23. The van der Waals surface area contributed by atoms with Crippen LogP contribution in [0.2, 0.25) is 0 Å². The van der Waals surface area contributed by atoms with E-state index in [4.69, 9.17) is 9.47 Å². The Labute approximate surface area is 104 Å². The highest BCUT2D eigenvalue weighted by Gasteiger charge is 1.94. The number of para-hydroxylation sites is 1. The van der Waals surface area contributed by atoms with Crippen molar-refractivity contribution >= 4 is 5.69 Å². The summed E-state index contributed by atoms with van der Waals surface area (Å²) in [4.78, 5) is 0. The summed E-state index contributed by atoms with van der Waals surface area (Å²) < 4.78 is 10.9. The van der Waals surface area contributed by atoms with E-state index in [1.165, 1.54) is 0 Å². The Balaban J connectivity index is 1.88. The van der Waals surface area contributed by atoms with Gasteiger partial charge in [0, 0.05) is 18.8 Å². The van der Waals surface area contributed by atoms with E-state index in [0.717, 1.165) is 18.8 Å². The van der Waals surface area contributed by atoms with E-state index < -0.39 is 0 Å². The van der Waals surface area contributed by atoms with Crippen LogP contribution in [0.1, 0.15) is 13.8 Å². The second-order valence-corrected chi connectivity index (χ2v) is 4.37. The van der Waals surface area contributed by atoms with Gasteiger partial charge in [-0.15, -0.1) is 0 Å². The van der Waals surface area contributed by atoms with E-state index in [1.54, 1.807) is 0 Å². The van der Waals surface area contributed by atoms with Gasteiger partial charge in [-0.3, -0.25) is 0 Å². The predicted octanol–water partition coefficient (Wildman–Crippen LogP) is 2.79. The molecule has 3 heteroatoms. The van der Waals surface area contributed by atoms with Gasteiger partial charge in [0.25, 0.3) is 0 Å². The number of rotatable bonds is 9. The first-order chi connectivity index (χ1) is 8.29. The Hall–Kier alpha value is -1.06. The molecule has 0 aliphatic carbocycles. The summed E-state index contributed by atoms with van der Waals surface area (Å²) in [6.07, 6.45) is 0. The number of ether oxygens (including phenoxy) is 2. The lowest BCUT2D eigenvalue weighted by molar-refractivity contribution is 0.0411. The molecule has 0 unspecified atom stereocenters. The Morgan fingerprint density at radius 3 is 2.41 bits per heavy atom. The Kier molecular flexibility index (Phi) is 7.43. The SMILES string of the molecule is CC(C)COCCOCCNc1ccccc1. The standard InChI is InChI=1S/C14H23NO2/c1-13(2)12-17-11-10-16-9-8-15-14-6-4-3-5-7-14/h3-7,13,15H,8-12H2,1-2H3. The van der Waals surface area contributed by atoms with Crippen LogP contribution >= 0.6 is 0 Å². The molecule has 0 radical (unpaired) electrons. The summed E-state index contributed by atoms with van der Waals surface area (Å²) in [5.41, 5.74) is 1.13. The fraction of sp³-hybridized carbons (Fsp3) is 0.571. The lowest BCUT2D eigenvalue weighted by atomic mass is 10.2. The number of anilines is 1. The first kappa shape index (κ1) is 14.0. The zero-order valence-electron chi connectivity index (χ0n) is 10.8. The molecule has 96 valence electrons. The third kappa shape index (κ3) is 7.77. The van der Waals surface area contributed by atoms with E-state index in [9.17, 15) is 0 Å².